The summed E-state index contributed by atoms with van der Waals surface area (Å²) in [4.78, 5) is 22.8. The lowest BCUT2D eigenvalue weighted by Gasteiger charge is -2.33. The van der Waals surface area contributed by atoms with E-state index < -0.39 is 0 Å². The van der Waals surface area contributed by atoms with Gasteiger partial charge in [-0.15, -0.1) is 0 Å². The molecule has 1 amide bonds. The van der Waals surface area contributed by atoms with Crippen LogP contribution in [0.15, 0.2) is 12.4 Å². The van der Waals surface area contributed by atoms with Crippen molar-refractivity contribution in [1.82, 2.24) is 14.9 Å². The fourth-order valence-electron chi connectivity index (χ4n) is 2.70. The van der Waals surface area contributed by atoms with Gasteiger partial charge in [-0.2, -0.15) is 0 Å². The van der Waals surface area contributed by atoms with Crippen LogP contribution in [-0.4, -0.2) is 40.4 Å². The van der Waals surface area contributed by atoms with Gasteiger partial charge in [0.1, 0.15) is 11.5 Å². The van der Waals surface area contributed by atoms with Crippen LogP contribution in [0.3, 0.4) is 0 Å². The quantitative estimate of drug-likeness (QED) is 0.904. The first-order chi connectivity index (χ1) is 9.26. The van der Waals surface area contributed by atoms with Crippen molar-refractivity contribution in [3.8, 4) is 0 Å². The molecule has 1 aliphatic carbocycles. The van der Waals surface area contributed by atoms with Crippen molar-refractivity contribution in [2.45, 2.75) is 45.1 Å². The van der Waals surface area contributed by atoms with Crippen LogP contribution >= 0.6 is 0 Å². The maximum absolute atomic E-state index is 12.5. The largest absolute Gasteiger partial charge is 0.372 e. The predicted molar refractivity (Wildman–Crippen MR) is 75.2 cm³/mol. The van der Waals surface area contributed by atoms with E-state index in [4.69, 9.17) is 0 Å². The maximum Gasteiger partial charge on any atom is 0.274 e. The molecule has 5 nitrogen and oxygen atoms in total. The summed E-state index contributed by atoms with van der Waals surface area (Å²) < 4.78 is 0. The second kappa shape index (κ2) is 6.50. The molecule has 1 aliphatic rings. The van der Waals surface area contributed by atoms with E-state index in [-0.39, 0.29) is 5.91 Å². The summed E-state index contributed by atoms with van der Waals surface area (Å²) in [6.45, 7) is 2.76. The molecule has 0 atom stereocenters. The number of aromatic nitrogens is 2. The number of carbonyl (C=O) groups is 1. The standard InChI is InChI=1S/C14H22N4O/c1-3-18(11-7-5-4-6-8-11)14(19)12-9-16-10-13(15-2)17-12/h9-11H,3-8H2,1-2H3,(H,15,17). The van der Waals surface area contributed by atoms with Gasteiger partial charge in [0, 0.05) is 19.6 Å². The molecule has 0 aliphatic heterocycles. The van der Waals surface area contributed by atoms with E-state index >= 15 is 0 Å². The van der Waals surface area contributed by atoms with Gasteiger partial charge < -0.3 is 10.2 Å². The zero-order valence-corrected chi connectivity index (χ0v) is 11.7. The van der Waals surface area contributed by atoms with E-state index in [1.807, 2.05) is 11.8 Å². The molecule has 0 spiro atoms. The van der Waals surface area contributed by atoms with E-state index in [1.165, 1.54) is 19.3 Å². The molecule has 1 fully saturated rings. The highest BCUT2D eigenvalue weighted by atomic mass is 16.2. The Hall–Kier alpha value is -1.65. The molecule has 104 valence electrons. The first-order valence-corrected chi connectivity index (χ1v) is 7.07. The third kappa shape index (κ3) is 3.22. The van der Waals surface area contributed by atoms with E-state index in [1.54, 1.807) is 19.4 Å². The molecule has 2 rings (SSSR count). The number of hydrogen-bond donors (Lipinski definition) is 1. The minimum absolute atomic E-state index is 0.000926. The van der Waals surface area contributed by atoms with Crippen LogP contribution in [0.5, 0.6) is 0 Å². The highest BCUT2D eigenvalue weighted by molar-refractivity contribution is 5.92. The number of nitrogens with zero attached hydrogens (tertiary/aromatic N) is 3. The highest BCUT2D eigenvalue weighted by Crippen LogP contribution is 2.23. The average molecular weight is 262 g/mol. The fourth-order valence-corrected chi connectivity index (χ4v) is 2.70. The van der Waals surface area contributed by atoms with Gasteiger partial charge in [-0.25, -0.2) is 4.98 Å². The Morgan fingerprint density at radius 2 is 2.11 bits per heavy atom. The fraction of sp³-hybridized carbons (Fsp3) is 0.643. The topological polar surface area (TPSA) is 58.1 Å². The Labute approximate surface area is 114 Å². The Balaban J connectivity index is 2.14. The molecular weight excluding hydrogens is 240 g/mol. The van der Waals surface area contributed by atoms with E-state index in [0.29, 0.717) is 17.6 Å². The van der Waals surface area contributed by atoms with Crippen LogP contribution in [0.25, 0.3) is 0 Å². The summed E-state index contributed by atoms with van der Waals surface area (Å²) in [6, 6.07) is 0.367. The smallest absolute Gasteiger partial charge is 0.274 e. The van der Waals surface area contributed by atoms with Crippen LogP contribution in [0.2, 0.25) is 0 Å². The minimum Gasteiger partial charge on any atom is -0.372 e. The van der Waals surface area contributed by atoms with Crippen molar-refractivity contribution in [3.05, 3.63) is 18.1 Å². The molecule has 0 radical (unpaired) electrons. The monoisotopic (exact) mass is 262 g/mol. The molecule has 1 aromatic heterocycles. The minimum atomic E-state index is -0.000926. The number of nitrogens with one attached hydrogen (secondary N) is 1. The Bertz CT molecular complexity index is 429. The van der Waals surface area contributed by atoms with E-state index in [9.17, 15) is 4.79 Å². The van der Waals surface area contributed by atoms with Crippen molar-refractivity contribution < 1.29 is 4.79 Å². The summed E-state index contributed by atoms with van der Waals surface area (Å²) in [6.07, 6.45) is 9.12. The summed E-state index contributed by atoms with van der Waals surface area (Å²) in [7, 11) is 1.77. The number of rotatable bonds is 4. The van der Waals surface area contributed by atoms with Crippen LogP contribution in [0.4, 0.5) is 5.82 Å². The van der Waals surface area contributed by atoms with Gasteiger partial charge in [0.25, 0.3) is 5.91 Å². The number of amides is 1. The molecule has 0 aromatic carbocycles. The van der Waals surface area contributed by atoms with Crippen LogP contribution in [0.1, 0.15) is 49.5 Å². The lowest BCUT2D eigenvalue weighted by molar-refractivity contribution is 0.0641. The molecule has 0 bridgehead atoms. The average Bonchev–Trinajstić information content (AvgIpc) is 2.49. The third-order valence-corrected chi connectivity index (χ3v) is 3.73. The molecule has 0 saturated heterocycles. The first-order valence-electron chi connectivity index (χ1n) is 7.07. The van der Waals surface area contributed by atoms with Crippen LogP contribution < -0.4 is 5.32 Å². The van der Waals surface area contributed by atoms with E-state index in [2.05, 4.69) is 15.3 Å². The molecule has 1 heterocycles. The summed E-state index contributed by atoms with van der Waals surface area (Å²) in [5, 5.41) is 2.91. The van der Waals surface area contributed by atoms with Gasteiger partial charge in [-0.1, -0.05) is 19.3 Å². The zero-order chi connectivity index (χ0) is 13.7. The number of carbonyl (C=O) groups excluding carboxylic acids is 1. The van der Waals surface area contributed by atoms with Crippen molar-refractivity contribution in [2.24, 2.45) is 0 Å². The van der Waals surface area contributed by atoms with Gasteiger partial charge >= 0.3 is 0 Å². The predicted octanol–water partition coefficient (Wildman–Crippen LogP) is 2.31. The molecule has 1 N–H and O–H groups in total. The van der Waals surface area contributed by atoms with Crippen molar-refractivity contribution in [3.63, 3.8) is 0 Å². The summed E-state index contributed by atoms with van der Waals surface area (Å²) >= 11 is 0. The Kier molecular flexibility index (Phi) is 4.71. The first kappa shape index (κ1) is 13.8. The normalized spacial score (nSPS) is 16.1. The highest BCUT2D eigenvalue weighted by Gasteiger charge is 2.25. The van der Waals surface area contributed by atoms with Gasteiger partial charge in [0.2, 0.25) is 0 Å². The summed E-state index contributed by atoms with van der Waals surface area (Å²) in [5.74, 6) is 0.629. The molecule has 19 heavy (non-hydrogen) atoms. The third-order valence-electron chi connectivity index (χ3n) is 3.73. The molecule has 1 saturated carbocycles. The van der Waals surface area contributed by atoms with Crippen molar-refractivity contribution in [2.75, 3.05) is 18.9 Å². The zero-order valence-electron chi connectivity index (χ0n) is 11.7. The molecular formula is C14H22N4O. The van der Waals surface area contributed by atoms with Crippen molar-refractivity contribution in [1.29, 1.82) is 0 Å². The lowest BCUT2D eigenvalue weighted by atomic mass is 9.94. The van der Waals surface area contributed by atoms with Crippen molar-refractivity contribution >= 4 is 11.7 Å². The summed E-state index contributed by atoms with van der Waals surface area (Å²) in [5.41, 5.74) is 0.430. The number of anilines is 1. The number of hydrogen-bond acceptors (Lipinski definition) is 4. The molecule has 0 unspecified atom stereocenters. The van der Waals surface area contributed by atoms with E-state index in [0.717, 1.165) is 19.4 Å². The van der Waals surface area contributed by atoms with Gasteiger partial charge in [0.15, 0.2) is 0 Å². The Morgan fingerprint density at radius 3 is 2.74 bits per heavy atom. The molecule has 5 heteroatoms. The second-order valence-corrected chi connectivity index (χ2v) is 4.92. The Morgan fingerprint density at radius 1 is 1.37 bits per heavy atom. The lowest BCUT2D eigenvalue weighted by Crippen LogP contribution is -2.41. The van der Waals surface area contributed by atoms with Crippen LogP contribution in [0, 0.1) is 0 Å². The second-order valence-electron chi connectivity index (χ2n) is 4.92. The van der Waals surface area contributed by atoms with Gasteiger partial charge in [-0.3, -0.25) is 9.78 Å². The van der Waals surface area contributed by atoms with Crippen LogP contribution in [-0.2, 0) is 0 Å². The van der Waals surface area contributed by atoms with Gasteiger partial charge in [-0.05, 0) is 19.8 Å². The van der Waals surface area contributed by atoms with Gasteiger partial charge in [0.05, 0.1) is 12.4 Å². The maximum atomic E-state index is 12.5. The molecule has 1 aromatic rings. The SMILES string of the molecule is CCN(C(=O)c1cncc(NC)n1)C1CCCCC1.